The molecule has 0 amide bonds. The topological polar surface area (TPSA) is 34.9 Å². The molecule has 0 aliphatic carbocycles. The molecule has 0 saturated carbocycles. The third-order valence-corrected chi connectivity index (χ3v) is 5.37. The lowest BCUT2D eigenvalue weighted by Crippen LogP contribution is -2.18. The summed E-state index contributed by atoms with van der Waals surface area (Å²) in [6.45, 7) is 4.84. The first-order valence-electron chi connectivity index (χ1n) is 5.95. The van der Waals surface area contributed by atoms with Crippen molar-refractivity contribution in [2.45, 2.75) is 33.2 Å². The molecule has 1 aliphatic heterocycles. The number of Topliss-reactive ketones (excluding diaryl/α,β-unsaturated/α-hetero) is 1. The van der Waals surface area contributed by atoms with Gasteiger partial charge in [-0.1, -0.05) is 0 Å². The summed E-state index contributed by atoms with van der Waals surface area (Å²) in [5, 5.41) is 4.42. The average molecular weight is 317 g/mol. The summed E-state index contributed by atoms with van der Waals surface area (Å²) in [7, 11) is 0. The predicted octanol–water partition coefficient (Wildman–Crippen LogP) is 2.84. The molecule has 0 radical (unpaired) electrons. The van der Waals surface area contributed by atoms with Crippen molar-refractivity contribution in [2.24, 2.45) is 5.92 Å². The molecule has 1 aromatic heterocycles. The molecular formula is C12H17BrN2OS. The number of aryl methyl sites for hydroxylation is 2. The van der Waals surface area contributed by atoms with Crippen molar-refractivity contribution < 1.29 is 4.79 Å². The fourth-order valence-corrected chi connectivity index (χ4v) is 3.81. The van der Waals surface area contributed by atoms with Crippen LogP contribution in [0.4, 0.5) is 0 Å². The second-order valence-corrected chi connectivity index (χ2v) is 6.31. The number of halogens is 1. The quantitative estimate of drug-likeness (QED) is 0.856. The first-order chi connectivity index (χ1) is 8.13. The van der Waals surface area contributed by atoms with Crippen LogP contribution in [0, 0.1) is 12.8 Å². The van der Waals surface area contributed by atoms with Crippen molar-refractivity contribution in [2.75, 3.05) is 11.5 Å². The minimum absolute atomic E-state index is 0.257. The van der Waals surface area contributed by atoms with Gasteiger partial charge in [0.2, 0.25) is 0 Å². The maximum atomic E-state index is 12.2. The number of aromatic nitrogens is 2. The second-order valence-electron chi connectivity index (χ2n) is 4.37. The summed E-state index contributed by atoms with van der Waals surface area (Å²) in [6.07, 6.45) is 1.56. The van der Waals surface area contributed by atoms with Crippen molar-refractivity contribution in [3.8, 4) is 0 Å². The van der Waals surface area contributed by atoms with E-state index in [-0.39, 0.29) is 5.92 Å². The highest BCUT2D eigenvalue weighted by molar-refractivity contribution is 9.10. The van der Waals surface area contributed by atoms with E-state index in [0.29, 0.717) is 12.2 Å². The molecule has 2 heterocycles. The van der Waals surface area contributed by atoms with Gasteiger partial charge >= 0.3 is 0 Å². The van der Waals surface area contributed by atoms with E-state index < -0.39 is 0 Å². The van der Waals surface area contributed by atoms with Gasteiger partial charge < -0.3 is 0 Å². The maximum absolute atomic E-state index is 12.2. The predicted molar refractivity (Wildman–Crippen MR) is 74.5 cm³/mol. The summed E-state index contributed by atoms with van der Waals surface area (Å²) < 4.78 is 2.93. The van der Waals surface area contributed by atoms with E-state index in [9.17, 15) is 4.79 Å². The summed E-state index contributed by atoms with van der Waals surface area (Å²) in [5.74, 6) is 2.75. The maximum Gasteiger partial charge on any atom is 0.142 e. The smallest absolute Gasteiger partial charge is 0.142 e. The van der Waals surface area contributed by atoms with Gasteiger partial charge in [0.1, 0.15) is 5.78 Å². The molecule has 1 fully saturated rings. The standard InChI is InChI=1S/C12H17BrN2OS/c1-3-15-10(12(13)8(2)14-15)6-11(16)9-4-5-17-7-9/h9H,3-7H2,1-2H3. The van der Waals surface area contributed by atoms with Crippen molar-refractivity contribution >= 4 is 33.5 Å². The highest BCUT2D eigenvalue weighted by Crippen LogP contribution is 2.27. The molecule has 1 aliphatic rings. The van der Waals surface area contributed by atoms with Gasteiger partial charge in [-0.15, -0.1) is 0 Å². The van der Waals surface area contributed by atoms with Gasteiger partial charge in [-0.05, 0) is 42.0 Å². The Kier molecular flexibility index (Phi) is 4.31. The molecular weight excluding hydrogens is 300 g/mol. The number of hydrogen-bond donors (Lipinski definition) is 0. The summed E-state index contributed by atoms with van der Waals surface area (Å²) in [5.41, 5.74) is 2.00. The molecule has 1 atom stereocenters. The van der Waals surface area contributed by atoms with Gasteiger partial charge in [0.15, 0.2) is 0 Å². The lowest BCUT2D eigenvalue weighted by molar-refractivity contribution is -0.121. The molecule has 2 rings (SSSR count). The molecule has 5 heteroatoms. The third kappa shape index (κ3) is 2.76. The van der Waals surface area contributed by atoms with E-state index in [0.717, 1.165) is 40.3 Å². The Morgan fingerprint density at radius 2 is 2.41 bits per heavy atom. The van der Waals surface area contributed by atoms with E-state index in [1.54, 1.807) is 0 Å². The molecule has 1 aromatic rings. The molecule has 0 N–H and O–H groups in total. The Hall–Kier alpha value is -0.290. The summed E-state index contributed by atoms with van der Waals surface area (Å²) in [6, 6.07) is 0. The number of nitrogens with zero attached hydrogens (tertiary/aromatic N) is 2. The van der Waals surface area contributed by atoms with E-state index >= 15 is 0 Å². The van der Waals surface area contributed by atoms with Crippen LogP contribution in [0.1, 0.15) is 24.7 Å². The molecule has 1 unspecified atom stereocenters. The van der Waals surface area contributed by atoms with Crippen LogP contribution in [0.15, 0.2) is 4.47 Å². The van der Waals surface area contributed by atoms with Gasteiger partial charge in [0.25, 0.3) is 0 Å². The first-order valence-corrected chi connectivity index (χ1v) is 7.90. The molecule has 17 heavy (non-hydrogen) atoms. The van der Waals surface area contributed by atoms with E-state index in [1.165, 1.54) is 0 Å². The van der Waals surface area contributed by atoms with Crippen molar-refractivity contribution in [3.05, 3.63) is 15.9 Å². The average Bonchev–Trinajstić information content (AvgIpc) is 2.92. The van der Waals surface area contributed by atoms with E-state index in [1.807, 2.05) is 23.4 Å². The van der Waals surface area contributed by atoms with Gasteiger partial charge in [0.05, 0.1) is 15.9 Å². The van der Waals surface area contributed by atoms with Crippen LogP contribution in [0.25, 0.3) is 0 Å². The van der Waals surface area contributed by atoms with Crippen LogP contribution >= 0.6 is 27.7 Å². The zero-order valence-corrected chi connectivity index (χ0v) is 12.6. The monoisotopic (exact) mass is 316 g/mol. The number of carbonyl (C=O) groups is 1. The number of thioether (sulfide) groups is 1. The van der Waals surface area contributed by atoms with Gasteiger partial charge in [-0.3, -0.25) is 9.48 Å². The highest BCUT2D eigenvalue weighted by atomic mass is 79.9. The molecule has 94 valence electrons. The number of ketones is 1. The lowest BCUT2D eigenvalue weighted by atomic mass is 10.00. The Morgan fingerprint density at radius 3 is 3.00 bits per heavy atom. The Balaban J connectivity index is 2.14. The van der Waals surface area contributed by atoms with Crippen molar-refractivity contribution in [3.63, 3.8) is 0 Å². The Labute approximate surface area is 114 Å². The molecule has 0 bridgehead atoms. The Bertz CT molecular complexity index is 424. The van der Waals surface area contributed by atoms with Crippen molar-refractivity contribution in [1.82, 2.24) is 9.78 Å². The zero-order chi connectivity index (χ0) is 12.4. The first kappa shape index (κ1) is 13.1. The van der Waals surface area contributed by atoms with Crippen LogP contribution in [0.5, 0.6) is 0 Å². The van der Waals surface area contributed by atoms with Crippen LogP contribution in [0.3, 0.4) is 0 Å². The molecule has 1 saturated heterocycles. The molecule has 0 spiro atoms. The van der Waals surface area contributed by atoms with Crippen LogP contribution < -0.4 is 0 Å². The van der Waals surface area contributed by atoms with E-state index in [2.05, 4.69) is 28.0 Å². The number of carbonyl (C=O) groups excluding carboxylic acids is 1. The van der Waals surface area contributed by atoms with Crippen LogP contribution in [-0.4, -0.2) is 27.1 Å². The molecule has 0 aromatic carbocycles. The third-order valence-electron chi connectivity index (χ3n) is 3.18. The van der Waals surface area contributed by atoms with Gasteiger partial charge in [0, 0.05) is 24.6 Å². The fourth-order valence-electron chi connectivity index (χ4n) is 2.14. The minimum Gasteiger partial charge on any atom is -0.299 e. The number of rotatable bonds is 4. The normalized spacial score (nSPS) is 19.8. The van der Waals surface area contributed by atoms with Crippen molar-refractivity contribution in [1.29, 1.82) is 0 Å². The summed E-state index contributed by atoms with van der Waals surface area (Å²) >= 11 is 5.42. The highest BCUT2D eigenvalue weighted by Gasteiger charge is 2.25. The Morgan fingerprint density at radius 1 is 1.65 bits per heavy atom. The largest absolute Gasteiger partial charge is 0.299 e. The summed E-state index contributed by atoms with van der Waals surface area (Å²) in [4.78, 5) is 12.2. The van der Waals surface area contributed by atoms with Gasteiger partial charge in [-0.2, -0.15) is 16.9 Å². The van der Waals surface area contributed by atoms with Crippen LogP contribution in [-0.2, 0) is 17.8 Å². The van der Waals surface area contributed by atoms with Gasteiger partial charge in [-0.25, -0.2) is 0 Å². The van der Waals surface area contributed by atoms with E-state index in [4.69, 9.17) is 0 Å². The lowest BCUT2D eigenvalue weighted by Gasteiger charge is -2.09. The molecule has 3 nitrogen and oxygen atoms in total. The fraction of sp³-hybridized carbons (Fsp3) is 0.667. The zero-order valence-electron chi connectivity index (χ0n) is 10.2. The second kappa shape index (κ2) is 5.57. The van der Waals surface area contributed by atoms with Crippen LogP contribution in [0.2, 0.25) is 0 Å². The minimum atomic E-state index is 0.257. The SMILES string of the molecule is CCn1nc(C)c(Br)c1CC(=O)C1CCSC1. The number of hydrogen-bond acceptors (Lipinski definition) is 3.